The Kier molecular flexibility index (Phi) is 4.23. The quantitative estimate of drug-likeness (QED) is 0.663. The van der Waals surface area contributed by atoms with Gasteiger partial charge in [-0.05, 0) is 37.0 Å². The van der Waals surface area contributed by atoms with E-state index in [9.17, 15) is 13.6 Å². The highest BCUT2D eigenvalue weighted by atomic mass is 19.1. The molecule has 0 amide bonds. The molecule has 0 aliphatic rings. The number of halogens is 2. The van der Waals surface area contributed by atoms with Gasteiger partial charge in [0.2, 0.25) is 0 Å². The summed E-state index contributed by atoms with van der Waals surface area (Å²) in [6.45, 7) is 0. The molecule has 0 bridgehead atoms. The molecule has 0 aromatic heterocycles. The van der Waals surface area contributed by atoms with Gasteiger partial charge in [0.1, 0.15) is 11.6 Å². The fourth-order valence-corrected chi connectivity index (χ4v) is 1.28. The topological polar surface area (TPSA) is 17.1 Å². The van der Waals surface area contributed by atoms with Gasteiger partial charge in [-0.3, -0.25) is 4.79 Å². The third kappa shape index (κ3) is 3.64. The zero-order chi connectivity index (χ0) is 10.4. The molecule has 1 radical (unpaired) electrons. The molecular weight excluding hydrogens is 186 g/mol. The fraction of sp³-hybridized carbons (Fsp3) is 0.364. The van der Waals surface area contributed by atoms with Crippen molar-refractivity contribution in [2.24, 2.45) is 0 Å². The Morgan fingerprint density at radius 3 is 2.29 bits per heavy atom. The van der Waals surface area contributed by atoms with Crippen LogP contribution in [0.25, 0.3) is 0 Å². The first kappa shape index (κ1) is 10.8. The molecule has 1 rings (SSSR count). The number of hydrogen-bond acceptors (Lipinski definition) is 1. The van der Waals surface area contributed by atoms with Crippen molar-refractivity contribution in [2.45, 2.75) is 25.7 Å². The van der Waals surface area contributed by atoms with E-state index in [-0.39, 0.29) is 0 Å². The van der Waals surface area contributed by atoms with Crippen molar-refractivity contribution in [1.29, 1.82) is 0 Å². The van der Waals surface area contributed by atoms with Crippen molar-refractivity contribution in [2.75, 3.05) is 0 Å². The Bertz CT molecular complexity index is 290. The number of benzene rings is 1. The molecule has 0 aliphatic heterocycles. The number of carbonyl (C=O) groups excluding carboxylic acids is 1. The third-order valence-corrected chi connectivity index (χ3v) is 1.92. The summed E-state index contributed by atoms with van der Waals surface area (Å²) >= 11 is 0. The highest BCUT2D eigenvalue weighted by Crippen LogP contribution is 2.11. The van der Waals surface area contributed by atoms with E-state index >= 15 is 0 Å². The molecule has 0 unspecified atom stereocenters. The summed E-state index contributed by atoms with van der Waals surface area (Å²) in [6.07, 6.45) is 4.22. The SMILES string of the molecule is O=[C]CCCCc1cc(F)cc(F)c1. The van der Waals surface area contributed by atoms with Crippen molar-refractivity contribution in [3.05, 3.63) is 35.4 Å². The highest BCUT2D eigenvalue weighted by molar-refractivity contribution is 5.50. The second-order valence-electron chi connectivity index (χ2n) is 3.13. The molecule has 1 aromatic carbocycles. The van der Waals surface area contributed by atoms with E-state index in [4.69, 9.17) is 0 Å². The first-order valence-corrected chi connectivity index (χ1v) is 4.52. The monoisotopic (exact) mass is 197 g/mol. The first-order chi connectivity index (χ1) is 6.72. The van der Waals surface area contributed by atoms with Crippen LogP contribution >= 0.6 is 0 Å². The van der Waals surface area contributed by atoms with Crippen LogP contribution in [0.2, 0.25) is 0 Å². The van der Waals surface area contributed by atoms with Crippen molar-refractivity contribution >= 4 is 6.29 Å². The molecule has 0 aliphatic carbocycles. The van der Waals surface area contributed by atoms with E-state index in [0.29, 0.717) is 24.8 Å². The maximum Gasteiger partial charge on any atom is 0.198 e. The zero-order valence-corrected chi connectivity index (χ0v) is 7.72. The maximum atomic E-state index is 12.7. The molecule has 0 fully saturated rings. The Hall–Kier alpha value is -1.25. The van der Waals surface area contributed by atoms with Crippen molar-refractivity contribution in [3.63, 3.8) is 0 Å². The largest absolute Gasteiger partial charge is 0.291 e. The van der Waals surface area contributed by atoms with Gasteiger partial charge in [-0.1, -0.05) is 0 Å². The Morgan fingerprint density at radius 1 is 1.07 bits per heavy atom. The molecule has 14 heavy (non-hydrogen) atoms. The highest BCUT2D eigenvalue weighted by Gasteiger charge is 2.00. The molecule has 0 atom stereocenters. The summed E-state index contributed by atoms with van der Waals surface area (Å²) < 4.78 is 25.4. The van der Waals surface area contributed by atoms with Crippen LogP contribution in [-0.2, 0) is 11.2 Å². The molecule has 0 heterocycles. The van der Waals surface area contributed by atoms with Crippen molar-refractivity contribution in [1.82, 2.24) is 0 Å². The predicted octanol–water partition coefficient (Wildman–Crippen LogP) is 2.79. The minimum absolute atomic E-state index is 0.387. The summed E-state index contributed by atoms with van der Waals surface area (Å²) in [4.78, 5) is 9.88. The van der Waals surface area contributed by atoms with Crippen molar-refractivity contribution < 1.29 is 13.6 Å². The lowest BCUT2D eigenvalue weighted by Crippen LogP contribution is -1.90. The van der Waals surface area contributed by atoms with Gasteiger partial charge in [0.15, 0.2) is 6.29 Å². The second-order valence-corrected chi connectivity index (χ2v) is 3.13. The average molecular weight is 197 g/mol. The lowest BCUT2D eigenvalue weighted by molar-refractivity contribution is 0.546. The van der Waals surface area contributed by atoms with E-state index < -0.39 is 11.6 Å². The van der Waals surface area contributed by atoms with Gasteiger partial charge >= 0.3 is 0 Å². The summed E-state index contributed by atoms with van der Waals surface area (Å²) in [7, 11) is 0. The van der Waals surface area contributed by atoms with Crippen LogP contribution in [0.5, 0.6) is 0 Å². The number of unbranched alkanes of at least 4 members (excludes halogenated alkanes) is 2. The molecule has 75 valence electrons. The van der Waals surface area contributed by atoms with E-state index in [2.05, 4.69) is 0 Å². The van der Waals surface area contributed by atoms with Gasteiger partial charge in [0, 0.05) is 12.5 Å². The molecule has 1 nitrogen and oxygen atoms in total. The van der Waals surface area contributed by atoms with Gasteiger partial charge in [0.25, 0.3) is 0 Å². The lowest BCUT2D eigenvalue weighted by Gasteiger charge is -2.00. The minimum atomic E-state index is -0.554. The predicted molar refractivity (Wildman–Crippen MR) is 49.6 cm³/mol. The van der Waals surface area contributed by atoms with Crippen LogP contribution in [0.4, 0.5) is 8.78 Å². The van der Waals surface area contributed by atoms with Crippen LogP contribution in [-0.4, -0.2) is 6.29 Å². The van der Waals surface area contributed by atoms with Gasteiger partial charge in [-0.2, -0.15) is 0 Å². The minimum Gasteiger partial charge on any atom is -0.291 e. The smallest absolute Gasteiger partial charge is 0.198 e. The summed E-state index contributed by atoms with van der Waals surface area (Å²) in [6, 6.07) is 3.48. The van der Waals surface area contributed by atoms with Gasteiger partial charge in [-0.15, -0.1) is 0 Å². The van der Waals surface area contributed by atoms with Crippen LogP contribution < -0.4 is 0 Å². The van der Waals surface area contributed by atoms with Crippen LogP contribution in [0.15, 0.2) is 18.2 Å². The molecule has 1 aromatic rings. The first-order valence-electron chi connectivity index (χ1n) is 4.52. The second kappa shape index (κ2) is 5.47. The van der Waals surface area contributed by atoms with E-state index in [0.717, 1.165) is 12.5 Å². The number of hydrogen-bond donors (Lipinski definition) is 0. The summed E-state index contributed by atoms with van der Waals surface area (Å²) in [5.74, 6) is -1.11. The van der Waals surface area contributed by atoms with Crippen LogP contribution in [0.1, 0.15) is 24.8 Å². The fourth-order valence-electron chi connectivity index (χ4n) is 1.28. The van der Waals surface area contributed by atoms with E-state index in [1.807, 2.05) is 0 Å². The number of rotatable bonds is 5. The van der Waals surface area contributed by atoms with Crippen molar-refractivity contribution in [3.8, 4) is 0 Å². The third-order valence-electron chi connectivity index (χ3n) is 1.92. The molecular formula is C11H11F2O. The summed E-state index contributed by atoms with van der Waals surface area (Å²) in [5, 5.41) is 0. The molecule has 0 spiro atoms. The Morgan fingerprint density at radius 2 is 1.71 bits per heavy atom. The standard InChI is InChI=1S/C11H11F2O/c12-10-6-9(7-11(13)8-10)4-2-1-3-5-14/h6-8H,1-4H2. The molecule has 0 saturated heterocycles. The van der Waals surface area contributed by atoms with Crippen LogP contribution in [0.3, 0.4) is 0 Å². The molecule has 0 saturated carbocycles. The summed E-state index contributed by atoms with van der Waals surface area (Å²) in [5.41, 5.74) is 0.633. The van der Waals surface area contributed by atoms with Gasteiger partial charge in [0.05, 0.1) is 0 Å². The van der Waals surface area contributed by atoms with E-state index in [1.165, 1.54) is 12.1 Å². The maximum absolute atomic E-state index is 12.7. The van der Waals surface area contributed by atoms with Crippen LogP contribution in [0, 0.1) is 11.6 Å². The van der Waals surface area contributed by atoms with Gasteiger partial charge in [-0.25, -0.2) is 8.78 Å². The zero-order valence-electron chi connectivity index (χ0n) is 7.72. The average Bonchev–Trinajstić information content (AvgIpc) is 2.11. The Balaban J connectivity index is 2.46. The van der Waals surface area contributed by atoms with Gasteiger partial charge < -0.3 is 0 Å². The van der Waals surface area contributed by atoms with E-state index in [1.54, 1.807) is 6.29 Å². The molecule has 3 heteroatoms. The molecule has 0 N–H and O–H groups in total. The number of aryl methyl sites for hydroxylation is 1. The normalized spacial score (nSPS) is 10.1. The Labute approximate surface area is 81.7 Å². The lowest BCUT2D eigenvalue weighted by atomic mass is 10.1.